The van der Waals surface area contributed by atoms with Crippen molar-refractivity contribution in [1.29, 1.82) is 0 Å². The molecule has 0 aromatic heterocycles. The highest BCUT2D eigenvalue weighted by molar-refractivity contribution is 7.89. The summed E-state index contributed by atoms with van der Waals surface area (Å²) in [6.45, 7) is 6.81. The average Bonchev–Trinajstić information content (AvgIpc) is 2.44. The van der Waals surface area contributed by atoms with Gasteiger partial charge in [-0.25, -0.2) is 13.1 Å². The van der Waals surface area contributed by atoms with Crippen molar-refractivity contribution in [2.45, 2.75) is 63.5 Å². The first kappa shape index (κ1) is 19.7. The highest BCUT2D eigenvalue weighted by Crippen LogP contribution is 2.33. The molecule has 7 nitrogen and oxygen atoms in total. The number of aliphatic hydroxyl groups is 1. The van der Waals surface area contributed by atoms with E-state index >= 15 is 0 Å². The lowest BCUT2D eigenvalue weighted by atomic mass is 10.00. The molecule has 0 fully saturated rings. The second-order valence-corrected chi connectivity index (χ2v) is 8.86. The van der Waals surface area contributed by atoms with E-state index in [1.54, 1.807) is 33.8 Å². The third kappa shape index (κ3) is 5.42. The van der Waals surface area contributed by atoms with E-state index in [1.807, 2.05) is 0 Å². The van der Waals surface area contributed by atoms with E-state index in [2.05, 4.69) is 10.0 Å². The molecule has 25 heavy (non-hydrogen) atoms. The SMILES string of the molecule is Cc1cc2c(cc1S(=O)(=O)NC(C)CCCC(C)(C)O)OCC(=O)N2. The Hall–Kier alpha value is -1.64. The predicted molar refractivity (Wildman–Crippen MR) is 95.2 cm³/mol. The molecule has 0 radical (unpaired) electrons. The Morgan fingerprint density at radius 3 is 2.72 bits per heavy atom. The van der Waals surface area contributed by atoms with E-state index in [1.165, 1.54) is 6.07 Å². The molecular weight excluding hydrogens is 344 g/mol. The standard InChI is InChI=1S/C17H26N2O5S/c1-11-8-13-14(24-10-16(20)18-13)9-15(11)25(22,23)19-12(2)6-5-7-17(3,4)21/h8-9,12,19,21H,5-7,10H2,1-4H3,(H,18,20). The molecule has 1 aliphatic heterocycles. The Labute approximate surface area is 148 Å². The molecule has 3 N–H and O–H groups in total. The maximum Gasteiger partial charge on any atom is 0.262 e. The van der Waals surface area contributed by atoms with Gasteiger partial charge in [-0.05, 0) is 58.6 Å². The molecule has 1 aromatic carbocycles. The predicted octanol–water partition coefficient (Wildman–Crippen LogP) is 1.93. The summed E-state index contributed by atoms with van der Waals surface area (Å²) in [4.78, 5) is 11.5. The Morgan fingerprint density at radius 1 is 1.40 bits per heavy atom. The molecule has 0 saturated heterocycles. The first-order valence-electron chi connectivity index (χ1n) is 8.30. The van der Waals surface area contributed by atoms with Crippen LogP contribution in [0, 0.1) is 6.92 Å². The van der Waals surface area contributed by atoms with Crippen LogP contribution in [0.3, 0.4) is 0 Å². The van der Waals surface area contributed by atoms with Crippen LogP contribution in [0.15, 0.2) is 17.0 Å². The minimum atomic E-state index is -3.71. The first-order chi connectivity index (χ1) is 11.5. The maximum atomic E-state index is 12.7. The zero-order valence-electron chi connectivity index (χ0n) is 15.0. The molecule has 1 unspecified atom stereocenters. The summed E-state index contributed by atoms with van der Waals surface area (Å²) in [5.74, 6) is 0.0846. The average molecular weight is 370 g/mol. The number of aryl methyl sites for hydroxylation is 1. The lowest BCUT2D eigenvalue weighted by Crippen LogP contribution is -2.33. The lowest BCUT2D eigenvalue weighted by Gasteiger charge is -2.22. The summed E-state index contributed by atoms with van der Waals surface area (Å²) in [5.41, 5.74) is 0.252. The van der Waals surface area contributed by atoms with Crippen LogP contribution in [-0.2, 0) is 14.8 Å². The van der Waals surface area contributed by atoms with Crippen molar-refractivity contribution >= 4 is 21.6 Å². The van der Waals surface area contributed by atoms with E-state index in [4.69, 9.17) is 4.74 Å². The van der Waals surface area contributed by atoms with Crippen LogP contribution in [0.5, 0.6) is 5.75 Å². The summed E-state index contributed by atoms with van der Waals surface area (Å²) in [5, 5.41) is 12.4. The van der Waals surface area contributed by atoms with E-state index in [-0.39, 0.29) is 23.5 Å². The minimum Gasteiger partial charge on any atom is -0.482 e. The number of benzene rings is 1. The third-order valence-corrected chi connectivity index (χ3v) is 5.71. The van der Waals surface area contributed by atoms with Gasteiger partial charge in [-0.3, -0.25) is 4.79 Å². The number of carbonyl (C=O) groups is 1. The molecule has 0 spiro atoms. The van der Waals surface area contributed by atoms with Gasteiger partial charge < -0.3 is 15.2 Å². The second kappa shape index (κ2) is 7.31. The van der Waals surface area contributed by atoms with Crippen molar-refractivity contribution in [3.63, 3.8) is 0 Å². The zero-order chi connectivity index (χ0) is 18.8. The highest BCUT2D eigenvalue weighted by atomic mass is 32.2. The summed E-state index contributed by atoms with van der Waals surface area (Å²) in [6, 6.07) is 2.78. The van der Waals surface area contributed by atoms with Gasteiger partial charge in [0.1, 0.15) is 5.75 Å². The number of carbonyl (C=O) groups excluding carboxylic acids is 1. The highest BCUT2D eigenvalue weighted by Gasteiger charge is 2.25. The van der Waals surface area contributed by atoms with Crippen molar-refractivity contribution < 1.29 is 23.1 Å². The van der Waals surface area contributed by atoms with Crippen LogP contribution in [0.1, 0.15) is 45.6 Å². The molecule has 8 heteroatoms. The summed E-state index contributed by atoms with van der Waals surface area (Å²) < 4.78 is 33.3. The fourth-order valence-corrected chi connectivity index (χ4v) is 4.25. The topological polar surface area (TPSA) is 105 Å². The van der Waals surface area contributed by atoms with Gasteiger partial charge in [-0.1, -0.05) is 0 Å². The van der Waals surface area contributed by atoms with Crippen LogP contribution < -0.4 is 14.8 Å². The van der Waals surface area contributed by atoms with E-state index in [0.29, 0.717) is 36.3 Å². The van der Waals surface area contributed by atoms with Crippen molar-refractivity contribution in [3.8, 4) is 5.75 Å². The van der Waals surface area contributed by atoms with Gasteiger partial charge in [0.25, 0.3) is 5.91 Å². The Bertz CT molecular complexity index is 753. The Morgan fingerprint density at radius 2 is 2.08 bits per heavy atom. The fraction of sp³-hybridized carbons (Fsp3) is 0.588. The molecule has 1 aliphatic rings. The van der Waals surface area contributed by atoms with Crippen LogP contribution in [0.2, 0.25) is 0 Å². The molecule has 0 aliphatic carbocycles. The number of ether oxygens (including phenoxy) is 1. The first-order valence-corrected chi connectivity index (χ1v) is 9.78. The van der Waals surface area contributed by atoms with Gasteiger partial charge in [-0.2, -0.15) is 0 Å². The largest absolute Gasteiger partial charge is 0.482 e. The number of hydrogen-bond acceptors (Lipinski definition) is 5. The molecule has 1 heterocycles. The summed E-state index contributed by atoms with van der Waals surface area (Å²) >= 11 is 0. The van der Waals surface area contributed by atoms with Crippen LogP contribution in [0.4, 0.5) is 5.69 Å². The van der Waals surface area contributed by atoms with Crippen LogP contribution in [-0.4, -0.2) is 37.7 Å². The summed E-state index contributed by atoms with van der Waals surface area (Å²) in [6.07, 6.45) is 1.94. The van der Waals surface area contributed by atoms with Crippen molar-refractivity contribution in [2.24, 2.45) is 0 Å². The molecule has 1 amide bonds. The number of sulfonamides is 1. The van der Waals surface area contributed by atoms with Crippen LogP contribution in [0.25, 0.3) is 0 Å². The monoisotopic (exact) mass is 370 g/mol. The smallest absolute Gasteiger partial charge is 0.262 e. The van der Waals surface area contributed by atoms with Crippen molar-refractivity contribution in [2.75, 3.05) is 11.9 Å². The lowest BCUT2D eigenvalue weighted by molar-refractivity contribution is -0.118. The van der Waals surface area contributed by atoms with Crippen molar-refractivity contribution in [1.82, 2.24) is 4.72 Å². The van der Waals surface area contributed by atoms with Gasteiger partial charge >= 0.3 is 0 Å². The van der Waals surface area contributed by atoms with Gasteiger partial charge in [0.05, 0.1) is 16.2 Å². The zero-order valence-corrected chi connectivity index (χ0v) is 15.9. The molecule has 0 saturated carbocycles. The fourth-order valence-electron chi connectivity index (χ4n) is 2.73. The quantitative estimate of drug-likeness (QED) is 0.680. The van der Waals surface area contributed by atoms with Crippen LogP contribution >= 0.6 is 0 Å². The second-order valence-electron chi connectivity index (χ2n) is 7.18. The molecule has 1 atom stereocenters. The summed E-state index contributed by atoms with van der Waals surface area (Å²) in [7, 11) is -3.71. The van der Waals surface area contributed by atoms with Gasteiger partial charge in [0.15, 0.2) is 6.61 Å². The Kier molecular flexibility index (Phi) is 5.75. The normalized spacial score (nSPS) is 16.0. The van der Waals surface area contributed by atoms with E-state index in [0.717, 1.165) is 0 Å². The van der Waals surface area contributed by atoms with Gasteiger partial charge in [-0.15, -0.1) is 0 Å². The maximum absolute atomic E-state index is 12.7. The number of amides is 1. The van der Waals surface area contributed by atoms with E-state index < -0.39 is 15.6 Å². The molecule has 0 bridgehead atoms. The number of hydrogen-bond donors (Lipinski definition) is 3. The minimum absolute atomic E-state index is 0.129. The van der Waals surface area contributed by atoms with Gasteiger partial charge in [0, 0.05) is 12.1 Å². The molecular formula is C17H26N2O5S. The molecule has 140 valence electrons. The third-order valence-electron chi connectivity index (χ3n) is 3.98. The molecule has 2 rings (SSSR count). The number of rotatable bonds is 7. The van der Waals surface area contributed by atoms with E-state index in [9.17, 15) is 18.3 Å². The van der Waals surface area contributed by atoms with Gasteiger partial charge in [0.2, 0.25) is 10.0 Å². The number of fused-ring (bicyclic) bond motifs is 1. The van der Waals surface area contributed by atoms with Crippen molar-refractivity contribution in [3.05, 3.63) is 17.7 Å². The molecule has 1 aromatic rings. The Balaban J connectivity index is 2.10. The number of nitrogens with one attached hydrogen (secondary N) is 2. The number of anilines is 1.